The summed E-state index contributed by atoms with van der Waals surface area (Å²) in [4.78, 5) is 0. The molecular formula is C12H15NO2. The number of nitrogens with zero attached hydrogens (tertiary/aromatic N) is 1. The molecule has 3 nitrogen and oxygen atoms in total. The molecule has 80 valence electrons. The number of rotatable bonds is 1. The van der Waals surface area contributed by atoms with Gasteiger partial charge in [-0.15, -0.1) is 0 Å². The van der Waals surface area contributed by atoms with Gasteiger partial charge in [0, 0.05) is 12.0 Å². The quantitative estimate of drug-likeness (QED) is 0.565. The maximum absolute atomic E-state index is 8.97. The highest BCUT2D eigenvalue weighted by Crippen LogP contribution is 2.30. The number of ether oxygens (including phenoxy) is 1. The van der Waals surface area contributed by atoms with Crippen LogP contribution in [0.5, 0.6) is 5.75 Å². The van der Waals surface area contributed by atoms with Gasteiger partial charge in [-0.05, 0) is 18.1 Å². The van der Waals surface area contributed by atoms with Crippen LogP contribution in [0.25, 0.3) is 0 Å². The first-order valence-corrected chi connectivity index (χ1v) is 5.19. The molecule has 0 radical (unpaired) electrons. The molecule has 1 aromatic rings. The van der Waals surface area contributed by atoms with Crippen molar-refractivity contribution in [3.63, 3.8) is 0 Å². The second-order valence-corrected chi connectivity index (χ2v) is 4.15. The van der Waals surface area contributed by atoms with Crippen molar-refractivity contribution in [3.05, 3.63) is 29.8 Å². The maximum Gasteiger partial charge on any atom is 0.128 e. The summed E-state index contributed by atoms with van der Waals surface area (Å²) in [7, 11) is 0. The highest BCUT2D eigenvalue weighted by Gasteiger charge is 2.26. The molecule has 1 N–H and O–H groups in total. The van der Waals surface area contributed by atoms with Crippen LogP contribution in [0, 0.1) is 5.92 Å². The minimum absolute atomic E-state index is 0.103. The standard InChI is InChI=1S/C12H15NO2/c1-8(2)12-7-10(13-14)9-5-3-4-6-11(9)15-12/h3-6,8,12,14H,7H2,1-2H3/b13-10-. The molecule has 0 aliphatic carbocycles. The van der Waals surface area contributed by atoms with Crippen molar-refractivity contribution in [2.45, 2.75) is 26.4 Å². The lowest BCUT2D eigenvalue weighted by molar-refractivity contribution is 0.150. The Bertz CT molecular complexity index is 385. The van der Waals surface area contributed by atoms with Gasteiger partial charge in [0.1, 0.15) is 11.9 Å². The van der Waals surface area contributed by atoms with Gasteiger partial charge in [0.15, 0.2) is 0 Å². The van der Waals surface area contributed by atoms with E-state index < -0.39 is 0 Å². The Hall–Kier alpha value is -1.51. The van der Waals surface area contributed by atoms with Crippen LogP contribution in [-0.4, -0.2) is 17.0 Å². The van der Waals surface area contributed by atoms with Crippen molar-refractivity contribution in [3.8, 4) is 5.75 Å². The number of fused-ring (bicyclic) bond motifs is 1. The zero-order valence-corrected chi connectivity index (χ0v) is 8.97. The molecule has 0 saturated heterocycles. The molecule has 0 spiro atoms. The highest BCUT2D eigenvalue weighted by atomic mass is 16.5. The van der Waals surface area contributed by atoms with E-state index in [9.17, 15) is 0 Å². The van der Waals surface area contributed by atoms with Gasteiger partial charge in [-0.25, -0.2) is 0 Å². The first kappa shape index (κ1) is 10.0. The van der Waals surface area contributed by atoms with Crippen LogP contribution in [-0.2, 0) is 0 Å². The van der Waals surface area contributed by atoms with Crippen molar-refractivity contribution >= 4 is 5.71 Å². The van der Waals surface area contributed by atoms with E-state index in [1.54, 1.807) is 0 Å². The van der Waals surface area contributed by atoms with E-state index in [-0.39, 0.29) is 6.10 Å². The van der Waals surface area contributed by atoms with Gasteiger partial charge in [0.25, 0.3) is 0 Å². The fraction of sp³-hybridized carbons (Fsp3) is 0.417. The van der Waals surface area contributed by atoms with E-state index in [0.29, 0.717) is 12.3 Å². The van der Waals surface area contributed by atoms with Crippen LogP contribution in [0.4, 0.5) is 0 Å². The zero-order valence-electron chi connectivity index (χ0n) is 8.97. The number of oxime groups is 1. The van der Waals surface area contributed by atoms with Crippen molar-refractivity contribution in [1.82, 2.24) is 0 Å². The van der Waals surface area contributed by atoms with Crippen LogP contribution in [0.1, 0.15) is 25.8 Å². The van der Waals surface area contributed by atoms with Crippen LogP contribution in [0.2, 0.25) is 0 Å². The van der Waals surface area contributed by atoms with Crippen LogP contribution < -0.4 is 4.74 Å². The van der Waals surface area contributed by atoms with E-state index >= 15 is 0 Å². The zero-order chi connectivity index (χ0) is 10.8. The lowest BCUT2D eigenvalue weighted by atomic mass is 9.94. The summed E-state index contributed by atoms with van der Waals surface area (Å²) >= 11 is 0. The molecule has 1 aliphatic heterocycles. The Morgan fingerprint density at radius 2 is 2.13 bits per heavy atom. The first-order valence-electron chi connectivity index (χ1n) is 5.19. The lowest BCUT2D eigenvalue weighted by Gasteiger charge is -2.29. The monoisotopic (exact) mass is 205 g/mol. The summed E-state index contributed by atoms with van der Waals surface area (Å²) in [6.07, 6.45) is 0.774. The molecule has 3 heteroatoms. The number of hydrogen-bond donors (Lipinski definition) is 1. The Labute approximate surface area is 89.4 Å². The minimum Gasteiger partial charge on any atom is -0.489 e. The number of para-hydroxylation sites is 1. The second-order valence-electron chi connectivity index (χ2n) is 4.15. The van der Waals surface area contributed by atoms with Gasteiger partial charge < -0.3 is 9.94 Å². The molecule has 1 unspecified atom stereocenters. The minimum atomic E-state index is 0.103. The summed E-state index contributed by atoms with van der Waals surface area (Å²) in [6.45, 7) is 4.21. The van der Waals surface area contributed by atoms with Crippen LogP contribution in [0.3, 0.4) is 0 Å². The van der Waals surface area contributed by atoms with Crippen molar-refractivity contribution in [2.24, 2.45) is 11.1 Å². The largest absolute Gasteiger partial charge is 0.489 e. The Morgan fingerprint density at radius 1 is 1.40 bits per heavy atom. The summed E-state index contributed by atoms with van der Waals surface area (Å²) in [6, 6.07) is 7.68. The molecular weight excluding hydrogens is 190 g/mol. The molecule has 15 heavy (non-hydrogen) atoms. The highest BCUT2D eigenvalue weighted by molar-refractivity contribution is 6.03. The SMILES string of the molecule is CC(C)C1C/C(=N/O)c2ccccc2O1. The fourth-order valence-electron chi connectivity index (χ4n) is 1.78. The van der Waals surface area contributed by atoms with Gasteiger partial charge in [0.05, 0.1) is 5.71 Å². The van der Waals surface area contributed by atoms with E-state index in [1.807, 2.05) is 24.3 Å². The second kappa shape index (κ2) is 3.93. The van der Waals surface area contributed by atoms with Gasteiger partial charge >= 0.3 is 0 Å². The maximum atomic E-state index is 8.97. The van der Waals surface area contributed by atoms with Crippen molar-refractivity contribution in [2.75, 3.05) is 0 Å². The van der Waals surface area contributed by atoms with Crippen LogP contribution >= 0.6 is 0 Å². The smallest absolute Gasteiger partial charge is 0.128 e. The molecule has 0 aromatic heterocycles. The van der Waals surface area contributed by atoms with E-state index in [2.05, 4.69) is 19.0 Å². The Balaban J connectivity index is 2.39. The average Bonchev–Trinajstić information content (AvgIpc) is 2.27. The average molecular weight is 205 g/mol. The molecule has 2 rings (SSSR count). The summed E-state index contributed by atoms with van der Waals surface area (Å²) in [5, 5.41) is 12.3. The molecule has 0 saturated carbocycles. The van der Waals surface area contributed by atoms with Crippen molar-refractivity contribution < 1.29 is 9.94 Å². The van der Waals surface area contributed by atoms with E-state index in [4.69, 9.17) is 9.94 Å². The van der Waals surface area contributed by atoms with E-state index in [1.165, 1.54) is 0 Å². The predicted molar refractivity (Wildman–Crippen MR) is 58.6 cm³/mol. The molecule has 1 aromatic carbocycles. The predicted octanol–water partition coefficient (Wildman–Crippen LogP) is 2.67. The fourth-order valence-corrected chi connectivity index (χ4v) is 1.78. The van der Waals surface area contributed by atoms with Gasteiger partial charge in [-0.2, -0.15) is 0 Å². The summed E-state index contributed by atoms with van der Waals surface area (Å²) in [5.74, 6) is 1.23. The normalized spacial score (nSPS) is 22.6. The third-order valence-electron chi connectivity index (χ3n) is 2.74. The van der Waals surface area contributed by atoms with Gasteiger partial charge in [-0.1, -0.05) is 31.1 Å². The Kier molecular flexibility index (Phi) is 2.62. The third kappa shape index (κ3) is 1.82. The molecule has 1 aliphatic rings. The Morgan fingerprint density at radius 3 is 2.80 bits per heavy atom. The van der Waals surface area contributed by atoms with Gasteiger partial charge in [0.2, 0.25) is 0 Å². The molecule has 1 atom stereocenters. The van der Waals surface area contributed by atoms with E-state index in [0.717, 1.165) is 17.0 Å². The summed E-state index contributed by atoms with van der Waals surface area (Å²) in [5.41, 5.74) is 1.62. The first-order chi connectivity index (χ1) is 7.22. The van der Waals surface area contributed by atoms with Crippen molar-refractivity contribution in [1.29, 1.82) is 0 Å². The van der Waals surface area contributed by atoms with Crippen LogP contribution in [0.15, 0.2) is 29.4 Å². The third-order valence-corrected chi connectivity index (χ3v) is 2.74. The molecule has 0 amide bonds. The molecule has 0 fully saturated rings. The molecule has 0 bridgehead atoms. The summed E-state index contributed by atoms with van der Waals surface area (Å²) < 4.78 is 5.83. The number of benzene rings is 1. The topological polar surface area (TPSA) is 41.8 Å². The lowest BCUT2D eigenvalue weighted by Crippen LogP contribution is -2.31. The van der Waals surface area contributed by atoms with Gasteiger partial charge in [-0.3, -0.25) is 0 Å². The number of hydrogen-bond acceptors (Lipinski definition) is 3. The molecule has 1 heterocycles.